The van der Waals surface area contributed by atoms with Gasteiger partial charge in [-0.25, -0.2) is 4.98 Å². The molecule has 0 aromatic carbocycles. The van der Waals surface area contributed by atoms with Gasteiger partial charge in [0, 0.05) is 32.4 Å². The molecular weight excluding hydrogens is 236 g/mol. The van der Waals surface area contributed by atoms with Gasteiger partial charge in [-0.2, -0.15) is 0 Å². The van der Waals surface area contributed by atoms with Crippen molar-refractivity contribution in [2.24, 2.45) is 0 Å². The van der Waals surface area contributed by atoms with Crippen molar-refractivity contribution in [3.05, 3.63) is 23.9 Å². The molecule has 0 radical (unpaired) electrons. The molecule has 1 N–H and O–H groups in total. The molecule has 1 heterocycles. The molecular formula is C15H28N4. The fourth-order valence-corrected chi connectivity index (χ4v) is 1.84. The summed E-state index contributed by atoms with van der Waals surface area (Å²) in [6.45, 7) is 7.37. The number of hydrogen-bond donors (Lipinski definition) is 1. The molecule has 1 rings (SSSR count). The van der Waals surface area contributed by atoms with E-state index in [9.17, 15) is 0 Å². The number of rotatable bonds is 8. The first-order chi connectivity index (χ1) is 8.99. The monoisotopic (exact) mass is 264 g/mol. The van der Waals surface area contributed by atoms with E-state index < -0.39 is 0 Å². The molecule has 0 bridgehead atoms. The molecule has 0 amide bonds. The molecule has 19 heavy (non-hydrogen) atoms. The van der Waals surface area contributed by atoms with Crippen molar-refractivity contribution in [3.63, 3.8) is 0 Å². The minimum atomic E-state index is 0.509. The van der Waals surface area contributed by atoms with Crippen LogP contribution in [0.5, 0.6) is 0 Å². The SMILES string of the molecule is CC(C)NCc1ccnc(N(C)CCCN(C)C)c1. The van der Waals surface area contributed by atoms with Crippen LogP contribution in [0.4, 0.5) is 5.82 Å². The molecule has 0 aliphatic rings. The van der Waals surface area contributed by atoms with E-state index in [-0.39, 0.29) is 0 Å². The molecule has 1 aromatic rings. The van der Waals surface area contributed by atoms with Gasteiger partial charge in [-0.15, -0.1) is 0 Å². The van der Waals surface area contributed by atoms with Crippen LogP contribution in [0.3, 0.4) is 0 Å². The minimum absolute atomic E-state index is 0.509. The third-order valence-electron chi connectivity index (χ3n) is 3.01. The van der Waals surface area contributed by atoms with Crippen LogP contribution in [-0.2, 0) is 6.54 Å². The Morgan fingerprint density at radius 1 is 1.21 bits per heavy atom. The molecule has 4 heteroatoms. The Kier molecular flexibility index (Phi) is 6.81. The Balaban J connectivity index is 2.50. The minimum Gasteiger partial charge on any atom is -0.360 e. The molecule has 0 spiro atoms. The van der Waals surface area contributed by atoms with E-state index in [1.807, 2.05) is 6.20 Å². The van der Waals surface area contributed by atoms with Gasteiger partial charge in [-0.1, -0.05) is 13.8 Å². The van der Waals surface area contributed by atoms with Crippen molar-refractivity contribution >= 4 is 5.82 Å². The summed E-state index contributed by atoms with van der Waals surface area (Å²) in [5, 5.41) is 3.43. The predicted molar refractivity (Wildman–Crippen MR) is 82.7 cm³/mol. The molecule has 0 unspecified atom stereocenters. The van der Waals surface area contributed by atoms with Crippen molar-refractivity contribution in [3.8, 4) is 0 Å². The van der Waals surface area contributed by atoms with Crippen molar-refractivity contribution in [1.82, 2.24) is 15.2 Å². The molecule has 4 nitrogen and oxygen atoms in total. The third kappa shape index (κ3) is 6.55. The Morgan fingerprint density at radius 3 is 2.58 bits per heavy atom. The van der Waals surface area contributed by atoms with Crippen LogP contribution in [0.1, 0.15) is 25.8 Å². The van der Waals surface area contributed by atoms with Crippen LogP contribution < -0.4 is 10.2 Å². The number of anilines is 1. The summed E-state index contributed by atoms with van der Waals surface area (Å²) in [7, 11) is 6.32. The fourth-order valence-electron chi connectivity index (χ4n) is 1.84. The zero-order valence-electron chi connectivity index (χ0n) is 13.0. The second-order valence-electron chi connectivity index (χ2n) is 5.64. The lowest BCUT2D eigenvalue weighted by Gasteiger charge is -2.20. The molecule has 0 fully saturated rings. The molecule has 1 aromatic heterocycles. The van der Waals surface area contributed by atoms with Crippen LogP contribution in [0.15, 0.2) is 18.3 Å². The maximum Gasteiger partial charge on any atom is 0.128 e. The van der Waals surface area contributed by atoms with E-state index >= 15 is 0 Å². The highest BCUT2D eigenvalue weighted by Crippen LogP contribution is 2.11. The van der Waals surface area contributed by atoms with E-state index in [0.29, 0.717) is 6.04 Å². The second-order valence-corrected chi connectivity index (χ2v) is 5.64. The highest BCUT2D eigenvalue weighted by Gasteiger charge is 2.04. The highest BCUT2D eigenvalue weighted by molar-refractivity contribution is 5.39. The van der Waals surface area contributed by atoms with Gasteiger partial charge in [-0.3, -0.25) is 0 Å². The standard InChI is InChI=1S/C15H28N4/c1-13(2)17-12-14-7-8-16-15(11-14)19(5)10-6-9-18(3)4/h7-8,11,13,17H,6,9-10,12H2,1-5H3. The van der Waals surface area contributed by atoms with Crippen LogP contribution in [0, 0.1) is 0 Å². The van der Waals surface area contributed by atoms with E-state index in [4.69, 9.17) is 0 Å². The number of pyridine rings is 1. The first-order valence-electron chi connectivity index (χ1n) is 7.03. The maximum atomic E-state index is 4.45. The summed E-state index contributed by atoms with van der Waals surface area (Å²) in [5.74, 6) is 1.06. The molecule has 0 saturated carbocycles. The lowest BCUT2D eigenvalue weighted by atomic mass is 10.2. The Morgan fingerprint density at radius 2 is 1.95 bits per heavy atom. The summed E-state index contributed by atoms with van der Waals surface area (Å²) < 4.78 is 0. The highest BCUT2D eigenvalue weighted by atomic mass is 15.2. The van der Waals surface area contributed by atoms with E-state index in [2.05, 4.69) is 67.2 Å². The Hall–Kier alpha value is -1.13. The zero-order valence-corrected chi connectivity index (χ0v) is 13.0. The average Bonchev–Trinajstić information content (AvgIpc) is 2.36. The molecule has 108 valence electrons. The molecule has 0 saturated heterocycles. The van der Waals surface area contributed by atoms with Crippen LogP contribution in [0.2, 0.25) is 0 Å². The van der Waals surface area contributed by atoms with Crippen LogP contribution >= 0.6 is 0 Å². The van der Waals surface area contributed by atoms with Gasteiger partial charge in [-0.05, 0) is 44.8 Å². The summed E-state index contributed by atoms with van der Waals surface area (Å²) in [6.07, 6.45) is 3.05. The quantitative estimate of drug-likeness (QED) is 0.778. The van der Waals surface area contributed by atoms with E-state index in [1.165, 1.54) is 5.56 Å². The second kappa shape index (κ2) is 8.12. The summed E-state index contributed by atoms with van der Waals surface area (Å²) in [6, 6.07) is 4.76. The first kappa shape index (κ1) is 15.9. The van der Waals surface area contributed by atoms with Crippen molar-refractivity contribution in [1.29, 1.82) is 0 Å². The van der Waals surface area contributed by atoms with Gasteiger partial charge in [0.15, 0.2) is 0 Å². The summed E-state index contributed by atoms with van der Waals surface area (Å²) in [4.78, 5) is 8.89. The molecule has 0 atom stereocenters. The third-order valence-corrected chi connectivity index (χ3v) is 3.01. The lowest BCUT2D eigenvalue weighted by molar-refractivity contribution is 0.401. The lowest BCUT2D eigenvalue weighted by Crippen LogP contribution is -2.25. The van der Waals surface area contributed by atoms with Gasteiger partial charge in [0.1, 0.15) is 5.82 Å². The van der Waals surface area contributed by atoms with Gasteiger partial charge < -0.3 is 15.1 Å². The normalized spacial score (nSPS) is 11.3. The van der Waals surface area contributed by atoms with Gasteiger partial charge >= 0.3 is 0 Å². The van der Waals surface area contributed by atoms with Crippen LogP contribution in [-0.4, -0.2) is 50.2 Å². The largest absolute Gasteiger partial charge is 0.360 e. The van der Waals surface area contributed by atoms with E-state index in [1.54, 1.807) is 0 Å². The predicted octanol–water partition coefficient (Wildman–Crippen LogP) is 1.97. The van der Waals surface area contributed by atoms with Crippen molar-refractivity contribution in [2.75, 3.05) is 39.1 Å². The summed E-state index contributed by atoms with van der Waals surface area (Å²) >= 11 is 0. The number of nitrogens with one attached hydrogen (secondary N) is 1. The smallest absolute Gasteiger partial charge is 0.128 e. The Bertz CT molecular complexity index is 363. The van der Waals surface area contributed by atoms with Crippen molar-refractivity contribution in [2.45, 2.75) is 32.9 Å². The molecule has 0 aliphatic heterocycles. The number of nitrogens with zero attached hydrogens (tertiary/aromatic N) is 3. The maximum absolute atomic E-state index is 4.45. The number of hydrogen-bond acceptors (Lipinski definition) is 4. The van der Waals surface area contributed by atoms with Crippen molar-refractivity contribution < 1.29 is 0 Å². The zero-order chi connectivity index (χ0) is 14.3. The molecule has 0 aliphatic carbocycles. The topological polar surface area (TPSA) is 31.4 Å². The van der Waals surface area contributed by atoms with Crippen LogP contribution in [0.25, 0.3) is 0 Å². The fraction of sp³-hybridized carbons (Fsp3) is 0.667. The first-order valence-corrected chi connectivity index (χ1v) is 7.03. The Labute approximate surface area is 117 Å². The van der Waals surface area contributed by atoms with Gasteiger partial charge in [0.2, 0.25) is 0 Å². The van der Waals surface area contributed by atoms with E-state index in [0.717, 1.165) is 31.9 Å². The number of aromatic nitrogens is 1. The van der Waals surface area contributed by atoms with Gasteiger partial charge in [0.25, 0.3) is 0 Å². The summed E-state index contributed by atoms with van der Waals surface area (Å²) in [5.41, 5.74) is 1.29. The van der Waals surface area contributed by atoms with Gasteiger partial charge in [0.05, 0.1) is 0 Å². The average molecular weight is 264 g/mol.